The number of nitrogens with zero attached hydrogens (tertiary/aromatic N) is 2. The van der Waals surface area contributed by atoms with Crippen LogP contribution in [0.2, 0.25) is 0 Å². The number of amides is 1. The largest absolute Gasteiger partial charge is 0.507 e. The van der Waals surface area contributed by atoms with Crippen LogP contribution in [0.4, 0.5) is 0 Å². The highest BCUT2D eigenvalue weighted by Crippen LogP contribution is 2.56. The monoisotopic (exact) mass is 547 g/mol. The van der Waals surface area contributed by atoms with Crippen LogP contribution in [0.15, 0.2) is 42.5 Å². The number of phenols is 1. The highest BCUT2D eigenvalue weighted by atomic mass is 32.1. The second kappa shape index (κ2) is 8.60. The lowest BCUT2D eigenvalue weighted by molar-refractivity contribution is -0.181. The van der Waals surface area contributed by atoms with Gasteiger partial charge in [0.05, 0.1) is 27.7 Å². The maximum Gasteiger partial charge on any atom is 0.235 e. The van der Waals surface area contributed by atoms with E-state index >= 15 is 0 Å². The number of primary amides is 1. The zero-order valence-electron chi connectivity index (χ0n) is 21.0. The Kier molecular flexibility index (Phi) is 5.62. The third-order valence-corrected chi connectivity index (χ3v) is 9.65. The molecule has 10 nitrogen and oxygen atoms in total. The van der Waals surface area contributed by atoms with E-state index in [0.29, 0.717) is 10.6 Å². The van der Waals surface area contributed by atoms with Crippen LogP contribution in [0.5, 0.6) is 5.75 Å². The van der Waals surface area contributed by atoms with Gasteiger partial charge in [0.25, 0.3) is 0 Å². The number of aromatic nitrogens is 1. The summed E-state index contributed by atoms with van der Waals surface area (Å²) in [4.78, 5) is 73.3. The Morgan fingerprint density at radius 2 is 1.77 bits per heavy atom. The fourth-order valence-electron chi connectivity index (χ4n) is 6.93. The zero-order chi connectivity index (χ0) is 28.0. The number of carbonyl (C=O) groups is 5. The molecule has 0 saturated heterocycles. The topological polar surface area (TPSA) is 168 Å². The first-order valence-electron chi connectivity index (χ1n) is 12.5. The summed E-state index contributed by atoms with van der Waals surface area (Å²) < 4.78 is 0.889. The highest BCUT2D eigenvalue weighted by molar-refractivity contribution is 7.18. The molecule has 7 atom stereocenters. The van der Waals surface area contributed by atoms with Crippen LogP contribution in [0, 0.1) is 23.7 Å². The molecule has 6 rings (SSSR count). The van der Waals surface area contributed by atoms with E-state index in [0.717, 1.165) is 10.2 Å². The number of phenolic OH excluding ortho intramolecular Hbond substituents is 1. The van der Waals surface area contributed by atoms with Crippen LogP contribution < -0.4 is 5.73 Å². The van der Waals surface area contributed by atoms with Gasteiger partial charge in [0.15, 0.2) is 34.7 Å². The second-order valence-electron chi connectivity index (χ2n) is 10.7. The first-order chi connectivity index (χ1) is 18.5. The molecule has 200 valence electrons. The van der Waals surface area contributed by atoms with Gasteiger partial charge in [-0.1, -0.05) is 24.3 Å². The molecule has 0 radical (unpaired) electrons. The van der Waals surface area contributed by atoms with Crippen LogP contribution in [-0.4, -0.2) is 74.9 Å². The molecule has 2 saturated carbocycles. The van der Waals surface area contributed by atoms with Crippen molar-refractivity contribution >= 4 is 50.6 Å². The Morgan fingerprint density at radius 1 is 1.05 bits per heavy atom. The number of aliphatic hydroxyl groups is 1. The van der Waals surface area contributed by atoms with Crippen LogP contribution in [0.3, 0.4) is 0 Å². The lowest BCUT2D eigenvalue weighted by atomic mass is 9.50. The molecule has 4 N–H and O–H groups in total. The molecule has 2 unspecified atom stereocenters. The number of ketones is 4. The van der Waals surface area contributed by atoms with Crippen molar-refractivity contribution < 1.29 is 34.2 Å². The van der Waals surface area contributed by atoms with E-state index in [-0.39, 0.29) is 17.7 Å². The second-order valence-corrected chi connectivity index (χ2v) is 11.8. The quantitative estimate of drug-likeness (QED) is 0.406. The Bertz CT molecular complexity index is 1580. The molecule has 3 aromatic rings. The first kappa shape index (κ1) is 25.5. The van der Waals surface area contributed by atoms with Crippen molar-refractivity contribution in [3.63, 3.8) is 0 Å². The first-order valence-corrected chi connectivity index (χ1v) is 13.3. The molecule has 3 aliphatic carbocycles. The summed E-state index contributed by atoms with van der Waals surface area (Å²) in [5, 5.41) is 23.2. The van der Waals surface area contributed by atoms with E-state index in [1.54, 1.807) is 26.2 Å². The minimum absolute atomic E-state index is 0.0554. The van der Waals surface area contributed by atoms with Crippen LogP contribution in [0.25, 0.3) is 10.2 Å². The number of rotatable bonds is 3. The molecule has 2 fully saturated rings. The SMILES string of the molecule is CN(C)[C@@H]1C(=O)C(C(N)=O)C(=O)[C@@]2(O)C(=O)C3C(=O)c4c(O)cccc4[C@H](c4nc5ccccc5s4)[C@H]3C[C@@H]12. The average molecular weight is 548 g/mol. The summed E-state index contributed by atoms with van der Waals surface area (Å²) in [6, 6.07) is 10.9. The Hall–Kier alpha value is -3.80. The molecule has 2 aromatic carbocycles. The number of thiazole rings is 1. The Morgan fingerprint density at radius 3 is 2.44 bits per heavy atom. The minimum Gasteiger partial charge on any atom is -0.507 e. The molecule has 0 bridgehead atoms. The van der Waals surface area contributed by atoms with Crippen molar-refractivity contribution in [1.82, 2.24) is 9.88 Å². The molecular weight excluding hydrogens is 522 g/mol. The summed E-state index contributed by atoms with van der Waals surface area (Å²) >= 11 is 1.39. The molecule has 3 aliphatic rings. The van der Waals surface area contributed by atoms with E-state index in [4.69, 9.17) is 10.7 Å². The van der Waals surface area contributed by atoms with Gasteiger partial charge in [0.1, 0.15) is 10.8 Å². The van der Waals surface area contributed by atoms with Crippen molar-refractivity contribution in [2.24, 2.45) is 29.4 Å². The van der Waals surface area contributed by atoms with E-state index < -0.39 is 70.3 Å². The summed E-state index contributed by atoms with van der Waals surface area (Å²) in [5.41, 5.74) is 3.76. The molecule has 0 spiro atoms. The number of fused-ring (bicyclic) bond motifs is 4. The van der Waals surface area contributed by atoms with Gasteiger partial charge in [-0.25, -0.2) is 4.98 Å². The lowest BCUT2D eigenvalue weighted by Gasteiger charge is -2.53. The van der Waals surface area contributed by atoms with Gasteiger partial charge < -0.3 is 15.9 Å². The highest BCUT2D eigenvalue weighted by Gasteiger charge is 2.70. The van der Waals surface area contributed by atoms with Gasteiger partial charge in [0.2, 0.25) is 5.91 Å². The number of Topliss-reactive ketones (excluding diaryl/α,β-unsaturated/α-hetero) is 4. The van der Waals surface area contributed by atoms with Crippen LogP contribution >= 0.6 is 11.3 Å². The lowest BCUT2D eigenvalue weighted by Crippen LogP contribution is -2.74. The smallest absolute Gasteiger partial charge is 0.235 e. The third-order valence-electron chi connectivity index (χ3n) is 8.53. The number of carbonyl (C=O) groups excluding carboxylic acids is 5. The van der Waals surface area contributed by atoms with E-state index in [1.807, 2.05) is 24.3 Å². The van der Waals surface area contributed by atoms with Gasteiger partial charge >= 0.3 is 0 Å². The molecule has 1 heterocycles. The maximum absolute atomic E-state index is 14.2. The van der Waals surface area contributed by atoms with Gasteiger partial charge in [-0.2, -0.15) is 0 Å². The molecule has 39 heavy (non-hydrogen) atoms. The number of hydrogen-bond acceptors (Lipinski definition) is 10. The van der Waals surface area contributed by atoms with Gasteiger partial charge in [-0.15, -0.1) is 11.3 Å². The molecule has 1 aromatic heterocycles. The van der Waals surface area contributed by atoms with Gasteiger partial charge in [-0.05, 0) is 50.2 Å². The number of hydrogen-bond donors (Lipinski definition) is 3. The van der Waals surface area contributed by atoms with E-state index in [1.165, 1.54) is 22.3 Å². The van der Waals surface area contributed by atoms with Gasteiger partial charge in [0, 0.05) is 11.8 Å². The summed E-state index contributed by atoms with van der Waals surface area (Å²) in [7, 11) is 3.11. The average Bonchev–Trinajstić information content (AvgIpc) is 3.29. The number of likely N-dealkylation sites (N-methyl/N-ethyl adjacent to an activating group) is 1. The molecular formula is C28H25N3O7S. The molecule has 1 amide bonds. The van der Waals surface area contributed by atoms with Crippen molar-refractivity contribution in [1.29, 1.82) is 0 Å². The number of para-hydroxylation sites is 1. The van der Waals surface area contributed by atoms with Crippen molar-refractivity contribution in [2.45, 2.75) is 24.0 Å². The van der Waals surface area contributed by atoms with Crippen molar-refractivity contribution in [3.8, 4) is 5.75 Å². The normalized spacial score (nSPS) is 32.2. The van der Waals surface area contributed by atoms with E-state index in [2.05, 4.69) is 0 Å². The Balaban J connectivity index is 1.59. The Labute approximate surface area is 226 Å². The number of nitrogens with two attached hydrogens (primary N) is 1. The molecule has 0 aliphatic heterocycles. The summed E-state index contributed by atoms with van der Waals surface area (Å²) in [5.74, 6) is -11.6. The fourth-order valence-corrected chi connectivity index (χ4v) is 8.09. The minimum atomic E-state index is -2.78. The summed E-state index contributed by atoms with van der Waals surface area (Å²) in [6.07, 6.45) is -0.0554. The van der Waals surface area contributed by atoms with Crippen molar-refractivity contribution in [2.75, 3.05) is 14.1 Å². The van der Waals surface area contributed by atoms with Crippen LogP contribution in [-0.2, 0) is 19.2 Å². The van der Waals surface area contributed by atoms with Crippen molar-refractivity contribution in [3.05, 3.63) is 58.6 Å². The van der Waals surface area contributed by atoms with E-state index in [9.17, 15) is 34.2 Å². The fraction of sp³-hybridized carbons (Fsp3) is 0.357. The maximum atomic E-state index is 14.2. The standard InChI is InChI=1S/C28H25N3O7S/c1-31(2)21-13-10-12-17(27-30-14-7-3-4-9-16(14)39-27)11-6-5-8-15(32)18(11)22(33)19(12)24(35)28(13,38)25(36)20(23(21)34)26(29)37/h3-9,12-13,17,19-21,32,38H,10H2,1-2H3,(H2,29,37)/t12-,13+,17+,19?,20?,21+,28+/m1/s1. The zero-order valence-corrected chi connectivity index (χ0v) is 21.8. The van der Waals surface area contributed by atoms with Gasteiger partial charge in [-0.3, -0.25) is 28.9 Å². The number of benzene rings is 2. The number of aromatic hydroxyl groups is 1. The van der Waals surface area contributed by atoms with Crippen LogP contribution in [0.1, 0.15) is 33.3 Å². The predicted molar refractivity (Wildman–Crippen MR) is 139 cm³/mol. The third kappa shape index (κ3) is 3.33. The predicted octanol–water partition coefficient (Wildman–Crippen LogP) is 1.07. The summed E-state index contributed by atoms with van der Waals surface area (Å²) in [6.45, 7) is 0. The molecule has 11 heteroatoms.